The molecule has 0 saturated heterocycles. The minimum absolute atomic E-state index is 0.0443. The highest BCUT2D eigenvalue weighted by molar-refractivity contribution is 7.85. The molecule has 2 aromatic rings. The summed E-state index contributed by atoms with van der Waals surface area (Å²) in [5, 5.41) is 11.0. The van der Waals surface area contributed by atoms with Crippen molar-refractivity contribution in [3.8, 4) is 0 Å². The summed E-state index contributed by atoms with van der Waals surface area (Å²) in [4.78, 5) is 28.5. The lowest BCUT2D eigenvalue weighted by atomic mass is 10.2. The summed E-state index contributed by atoms with van der Waals surface area (Å²) in [7, 11) is -3.67. The number of hydrogen-bond donors (Lipinski definition) is 2. The Morgan fingerprint density at radius 3 is 2.37 bits per heavy atom. The number of nitro groups is 1. The number of non-ortho nitro benzene ring substituents is 1. The van der Waals surface area contributed by atoms with Crippen molar-refractivity contribution in [2.75, 3.05) is 11.2 Å². The molecule has 0 saturated carbocycles. The third kappa shape index (κ3) is 5.59. The molecular formula is C16H16N4O6S. The lowest BCUT2D eigenvalue weighted by molar-refractivity contribution is -0.384. The number of amides is 1. The van der Waals surface area contributed by atoms with E-state index in [1.165, 1.54) is 23.1 Å². The van der Waals surface area contributed by atoms with Crippen LogP contribution in [0.2, 0.25) is 0 Å². The van der Waals surface area contributed by atoms with Gasteiger partial charge in [0, 0.05) is 17.8 Å². The van der Waals surface area contributed by atoms with Gasteiger partial charge in [-0.05, 0) is 18.2 Å². The quantitative estimate of drug-likeness (QED) is 0.450. The molecule has 0 fully saturated rings. The first-order valence-corrected chi connectivity index (χ1v) is 9.33. The van der Waals surface area contributed by atoms with Gasteiger partial charge < -0.3 is 5.73 Å². The van der Waals surface area contributed by atoms with Crippen LogP contribution in [0.25, 0.3) is 0 Å². The van der Waals surface area contributed by atoms with E-state index in [9.17, 15) is 23.3 Å². The summed E-state index contributed by atoms with van der Waals surface area (Å²) in [6.45, 7) is 0. The fourth-order valence-electron chi connectivity index (χ4n) is 2.32. The van der Waals surface area contributed by atoms with E-state index in [0.29, 0.717) is 23.3 Å². The second-order valence-electron chi connectivity index (χ2n) is 5.51. The Hall–Kier alpha value is -3.31. The Morgan fingerprint density at radius 1 is 1.22 bits per heavy atom. The van der Waals surface area contributed by atoms with Crippen molar-refractivity contribution in [3.63, 3.8) is 0 Å². The van der Waals surface area contributed by atoms with Gasteiger partial charge in [0.1, 0.15) is 5.84 Å². The number of fused-ring (bicyclic) bond motifs is 1. The number of carbonyl (C=O) groups is 1. The number of para-hydroxylation sites is 1. The maximum absolute atomic E-state index is 12.5. The van der Waals surface area contributed by atoms with E-state index in [1.807, 2.05) is 6.07 Å². The number of nitrogens with two attached hydrogens (primary N) is 1. The SMILES string of the molecule is CS(=O)(=O)O.NC1=Nc2ccc([N+](=O)[O-])cc2N(c2ccccc2)C(=O)C1. The molecule has 1 aliphatic rings. The lowest BCUT2D eigenvalue weighted by Crippen LogP contribution is -2.28. The molecule has 11 heteroatoms. The predicted molar refractivity (Wildman–Crippen MR) is 100 cm³/mol. The summed E-state index contributed by atoms with van der Waals surface area (Å²) in [5.74, 6) is -0.106. The number of benzene rings is 2. The largest absolute Gasteiger partial charge is 0.387 e. The van der Waals surface area contributed by atoms with Gasteiger partial charge in [0.2, 0.25) is 5.91 Å². The Bertz CT molecular complexity index is 997. The molecule has 0 aliphatic carbocycles. The highest BCUT2D eigenvalue weighted by Gasteiger charge is 2.26. The molecule has 0 aromatic heterocycles. The van der Waals surface area contributed by atoms with Crippen LogP contribution in [0.3, 0.4) is 0 Å². The van der Waals surface area contributed by atoms with Crippen LogP contribution in [0.1, 0.15) is 6.42 Å². The number of nitrogens with zero attached hydrogens (tertiary/aromatic N) is 3. The molecule has 2 aromatic carbocycles. The molecule has 0 bridgehead atoms. The molecular weight excluding hydrogens is 376 g/mol. The lowest BCUT2D eigenvalue weighted by Gasteiger charge is -2.22. The molecule has 10 nitrogen and oxygen atoms in total. The third-order valence-corrected chi connectivity index (χ3v) is 3.27. The normalized spacial score (nSPS) is 13.6. The fraction of sp³-hybridized carbons (Fsp3) is 0.125. The van der Waals surface area contributed by atoms with Gasteiger partial charge in [-0.25, -0.2) is 4.99 Å². The molecule has 27 heavy (non-hydrogen) atoms. The molecule has 3 N–H and O–H groups in total. The number of hydrogen-bond acceptors (Lipinski definition) is 7. The highest BCUT2D eigenvalue weighted by Crippen LogP contribution is 2.38. The van der Waals surface area contributed by atoms with Gasteiger partial charge >= 0.3 is 0 Å². The van der Waals surface area contributed by atoms with E-state index in [1.54, 1.807) is 24.3 Å². The van der Waals surface area contributed by atoms with Crippen LogP contribution in [0.5, 0.6) is 0 Å². The zero-order chi connectivity index (χ0) is 20.2. The van der Waals surface area contributed by atoms with Crippen LogP contribution in [0.15, 0.2) is 53.5 Å². The van der Waals surface area contributed by atoms with Gasteiger partial charge in [-0.15, -0.1) is 0 Å². The van der Waals surface area contributed by atoms with E-state index in [0.717, 1.165) is 0 Å². The van der Waals surface area contributed by atoms with Crippen molar-refractivity contribution >= 4 is 44.6 Å². The Kier molecular flexibility index (Phi) is 5.88. The van der Waals surface area contributed by atoms with Crippen LogP contribution < -0.4 is 10.6 Å². The number of anilines is 2. The molecule has 0 atom stereocenters. The van der Waals surface area contributed by atoms with Gasteiger partial charge in [-0.2, -0.15) is 8.42 Å². The molecule has 1 heterocycles. The van der Waals surface area contributed by atoms with Gasteiger partial charge in [0.25, 0.3) is 15.8 Å². The van der Waals surface area contributed by atoms with Crippen LogP contribution in [0, 0.1) is 10.1 Å². The maximum Gasteiger partial charge on any atom is 0.271 e. The molecule has 142 valence electrons. The van der Waals surface area contributed by atoms with Gasteiger partial charge in [0.15, 0.2) is 0 Å². The Labute approximate surface area is 154 Å². The van der Waals surface area contributed by atoms with Crippen LogP contribution in [0.4, 0.5) is 22.7 Å². The molecule has 0 spiro atoms. The zero-order valence-electron chi connectivity index (χ0n) is 14.1. The fourth-order valence-corrected chi connectivity index (χ4v) is 2.32. The summed E-state index contributed by atoms with van der Waals surface area (Å²) in [6.07, 6.45) is 0.671. The second kappa shape index (κ2) is 7.93. The van der Waals surface area contributed by atoms with Crippen molar-refractivity contribution in [2.45, 2.75) is 6.42 Å². The average molecular weight is 392 g/mol. The average Bonchev–Trinajstić information content (AvgIpc) is 2.67. The van der Waals surface area contributed by atoms with E-state index in [4.69, 9.17) is 10.3 Å². The van der Waals surface area contributed by atoms with Gasteiger partial charge in [0.05, 0.1) is 29.0 Å². The monoisotopic (exact) mass is 392 g/mol. The minimum Gasteiger partial charge on any atom is -0.387 e. The van der Waals surface area contributed by atoms with Crippen molar-refractivity contribution in [2.24, 2.45) is 10.7 Å². The number of nitro benzene ring substituents is 1. The number of rotatable bonds is 2. The molecule has 1 amide bonds. The molecule has 3 rings (SSSR count). The first-order chi connectivity index (χ1) is 12.6. The van der Waals surface area contributed by atoms with E-state index >= 15 is 0 Å². The van der Waals surface area contributed by atoms with Crippen LogP contribution in [-0.4, -0.2) is 35.9 Å². The Balaban J connectivity index is 0.000000465. The smallest absolute Gasteiger partial charge is 0.271 e. The zero-order valence-corrected chi connectivity index (χ0v) is 15.0. The summed E-state index contributed by atoms with van der Waals surface area (Å²) in [5.41, 5.74) is 7.03. The standard InChI is InChI=1S/C15H12N4O3.CH4O3S/c16-14-9-15(20)18(10-4-2-1-3-5-10)13-8-11(19(21)22)6-7-12(13)17-14;1-5(2,3)4/h1-8H,9H2,(H2,16,17);1H3,(H,2,3,4). The minimum atomic E-state index is -3.67. The third-order valence-electron chi connectivity index (χ3n) is 3.27. The molecule has 0 unspecified atom stereocenters. The van der Waals surface area contributed by atoms with Crippen molar-refractivity contribution in [3.05, 3.63) is 58.6 Å². The number of carbonyl (C=O) groups excluding carboxylic acids is 1. The summed E-state index contributed by atoms with van der Waals surface area (Å²) < 4.78 is 25.9. The molecule has 1 aliphatic heterocycles. The number of amidine groups is 1. The van der Waals surface area contributed by atoms with Crippen molar-refractivity contribution < 1.29 is 22.7 Å². The summed E-state index contributed by atoms with van der Waals surface area (Å²) >= 11 is 0. The van der Waals surface area contributed by atoms with Gasteiger partial charge in [-0.1, -0.05) is 18.2 Å². The van der Waals surface area contributed by atoms with Crippen molar-refractivity contribution in [1.82, 2.24) is 0 Å². The predicted octanol–water partition coefficient (Wildman–Crippen LogP) is 2.16. The van der Waals surface area contributed by atoms with Crippen molar-refractivity contribution in [1.29, 1.82) is 0 Å². The van der Waals surface area contributed by atoms with Crippen LogP contribution in [-0.2, 0) is 14.9 Å². The van der Waals surface area contributed by atoms with Gasteiger partial charge in [-0.3, -0.25) is 24.4 Å². The summed E-state index contributed by atoms with van der Waals surface area (Å²) in [6, 6.07) is 13.1. The van der Waals surface area contributed by atoms with Crippen LogP contribution >= 0.6 is 0 Å². The van der Waals surface area contributed by atoms with E-state index in [-0.39, 0.29) is 23.9 Å². The topological polar surface area (TPSA) is 156 Å². The van der Waals surface area contributed by atoms with E-state index in [2.05, 4.69) is 4.99 Å². The first-order valence-electron chi connectivity index (χ1n) is 7.48. The molecule has 0 radical (unpaired) electrons. The maximum atomic E-state index is 12.5. The highest BCUT2D eigenvalue weighted by atomic mass is 32.2. The Morgan fingerprint density at radius 2 is 1.81 bits per heavy atom. The second-order valence-corrected chi connectivity index (χ2v) is 6.97. The first kappa shape index (κ1) is 20.0. The number of aliphatic imine (C=N–C) groups is 1. The van der Waals surface area contributed by atoms with E-state index < -0.39 is 15.0 Å².